The number of carbonyl (C=O) groups is 1. The van der Waals surface area contributed by atoms with Crippen LogP contribution in [0.3, 0.4) is 0 Å². The van der Waals surface area contributed by atoms with Gasteiger partial charge in [0.1, 0.15) is 0 Å². The minimum Gasteiger partial charge on any atom is -0.481 e. The Bertz CT molecular complexity index is 205. The number of nitrogens with one attached hydrogen (secondary N) is 1. The van der Waals surface area contributed by atoms with Crippen molar-refractivity contribution in [1.29, 1.82) is 0 Å². The normalized spacial score (nSPS) is 31.4. The Kier molecular flexibility index (Phi) is 3.93. The summed E-state index contributed by atoms with van der Waals surface area (Å²) < 4.78 is 0. The summed E-state index contributed by atoms with van der Waals surface area (Å²) in [5, 5.41) is 12.2. The van der Waals surface area contributed by atoms with Gasteiger partial charge in [0.2, 0.25) is 0 Å². The van der Waals surface area contributed by atoms with Gasteiger partial charge < -0.3 is 10.4 Å². The molecule has 0 aromatic carbocycles. The summed E-state index contributed by atoms with van der Waals surface area (Å²) in [5.74, 6) is -0.221. The molecule has 0 heterocycles. The lowest BCUT2D eigenvalue weighted by Gasteiger charge is -2.22. The van der Waals surface area contributed by atoms with Crippen molar-refractivity contribution < 1.29 is 9.90 Å². The number of aliphatic carboxylic acids is 1. The van der Waals surface area contributed by atoms with Crippen molar-refractivity contribution in [2.45, 2.75) is 52.1 Å². The van der Waals surface area contributed by atoms with Crippen LogP contribution in [0.15, 0.2) is 0 Å². The third-order valence-corrected chi connectivity index (χ3v) is 3.33. The molecule has 0 bridgehead atoms. The van der Waals surface area contributed by atoms with Crippen molar-refractivity contribution in [1.82, 2.24) is 5.32 Å². The maximum atomic E-state index is 10.7. The van der Waals surface area contributed by atoms with Crippen LogP contribution in [0.25, 0.3) is 0 Å². The molecular formula is C11H21NO2. The van der Waals surface area contributed by atoms with Gasteiger partial charge in [0.05, 0.1) is 5.92 Å². The van der Waals surface area contributed by atoms with E-state index in [1.807, 2.05) is 6.92 Å². The Hall–Kier alpha value is -0.570. The topological polar surface area (TPSA) is 49.3 Å². The summed E-state index contributed by atoms with van der Waals surface area (Å²) in [6, 6.07) is 0.601. The quantitative estimate of drug-likeness (QED) is 0.726. The SMILES string of the molecule is CC1CCC(NC(C)C(C)C(=O)O)C1. The Balaban J connectivity index is 2.33. The lowest BCUT2D eigenvalue weighted by Crippen LogP contribution is -2.41. The van der Waals surface area contributed by atoms with Crippen LogP contribution in [-0.4, -0.2) is 23.2 Å². The molecule has 0 amide bonds. The van der Waals surface area contributed by atoms with E-state index in [1.165, 1.54) is 19.3 Å². The summed E-state index contributed by atoms with van der Waals surface area (Å²) in [6.45, 7) is 5.98. The molecule has 4 unspecified atom stereocenters. The van der Waals surface area contributed by atoms with E-state index in [0.717, 1.165) is 5.92 Å². The molecule has 0 spiro atoms. The predicted octanol–water partition coefficient (Wildman–Crippen LogP) is 1.87. The fourth-order valence-electron chi connectivity index (χ4n) is 2.09. The van der Waals surface area contributed by atoms with Gasteiger partial charge in [0, 0.05) is 12.1 Å². The van der Waals surface area contributed by atoms with Crippen LogP contribution >= 0.6 is 0 Å². The molecule has 1 saturated carbocycles. The molecule has 0 aromatic heterocycles. The van der Waals surface area contributed by atoms with E-state index in [2.05, 4.69) is 12.2 Å². The first-order chi connectivity index (χ1) is 6.50. The highest BCUT2D eigenvalue weighted by Gasteiger charge is 2.26. The molecule has 3 heteroatoms. The summed E-state index contributed by atoms with van der Waals surface area (Å²) in [4.78, 5) is 10.7. The predicted molar refractivity (Wildman–Crippen MR) is 56.2 cm³/mol. The molecule has 0 radical (unpaired) electrons. The number of carboxylic acids is 1. The third-order valence-electron chi connectivity index (χ3n) is 3.33. The standard InChI is InChI=1S/C11H21NO2/c1-7-4-5-10(6-7)12-9(3)8(2)11(13)14/h7-10,12H,4-6H2,1-3H3,(H,13,14). The summed E-state index contributed by atoms with van der Waals surface area (Å²) in [6.07, 6.45) is 3.65. The third kappa shape index (κ3) is 2.98. The molecule has 3 nitrogen and oxygen atoms in total. The Morgan fingerprint density at radius 3 is 2.50 bits per heavy atom. The van der Waals surface area contributed by atoms with Gasteiger partial charge in [-0.25, -0.2) is 0 Å². The Labute approximate surface area is 85.9 Å². The van der Waals surface area contributed by atoms with Crippen molar-refractivity contribution in [2.24, 2.45) is 11.8 Å². The molecule has 1 aliphatic rings. The zero-order valence-corrected chi connectivity index (χ0v) is 9.29. The summed E-state index contributed by atoms with van der Waals surface area (Å²) in [7, 11) is 0. The number of rotatable bonds is 4. The first-order valence-electron chi connectivity index (χ1n) is 5.49. The van der Waals surface area contributed by atoms with Gasteiger partial charge in [0.15, 0.2) is 0 Å². The fraction of sp³-hybridized carbons (Fsp3) is 0.909. The Morgan fingerprint density at radius 2 is 2.07 bits per heavy atom. The maximum absolute atomic E-state index is 10.7. The maximum Gasteiger partial charge on any atom is 0.307 e. The summed E-state index contributed by atoms with van der Waals surface area (Å²) >= 11 is 0. The lowest BCUT2D eigenvalue weighted by atomic mass is 10.0. The van der Waals surface area contributed by atoms with Crippen molar-refractivity contribution in [3.05, 3.63) is 0 Å². The zero-order valence-electron chi connectivity index (χ0n) is 9.29. The van der Waals surface area contributed by atoms with Crippen molar-refractivity contribution in [2.75, 3.05) is 0 Å². The van der Waals surface area contributed by atoms with E-state index in [9.17, 15) is 4.79 Å². The van der Waals surface area contributed by atoms with E-state index in [0.29, 0.717) is 6.04 Å². The molecule has 4 atom stereocenters. The van der Waals surface area contributed by atoms with Gasteiger partial charge in [-0.2, -0.15) is 0 Å². The molecule has 1 rings (SSSR count). The first-order valence-corrected chi connectivity index (χ1v) is 5.49. The van der Waals surface area contributed by atoms with Crippen LogP contribution < -0.4 is 5.32 Å². The van der Waals surface area contributed by atoms with Crippen LogP contribution in [0, 0.1) is 11.8 Å². The van der Waals surface area contributed by atoms with E-state index < -0.39 is 5.97 Å². The largest absolute Gasteiger partial charge is 0.481 e. The number of hydrogen-bond acceptors (Lipinski definition) is 2. The Morgan fingerprint density at radius 1 is 1.43 bits per heavy atom. The van der Waals surface area contributed by atoms with Crippen molar-refractivity contribution in [3.8, 4) is 0 Å². The van der Waals surface area contributed by atoms with Gasteiger partial charge in [-0.1, -0.05) is 13.8 Å². The van der Waals surface area contributed by atoms with Crippen LogP contribution in [0.2, 0.25) is 0 Å². The van der Waals surface area contributed by atoms with Crippen molar-refractivity contribution >= 4 is 5.97 Å². The second kappa shape index (κ2) is 4.78. The van der Waals surface area contributed by atoms with E-state index in [1.54, 1.807) is 6.92 Å². The summed E-state index contributed by atoms with van der Waals surface area (Å²) in [5.41, 5.74) is 0. The van der Waals surface area contributed by atoms with Crippen molar-refractivity contribution in [3.63, 3.8) is 0 Å². The average molecular weight is 199 g/mol. The zero-order chi connectivity index (χ0) is 10.7. The van der Waals surface area contributed by atoms with Gasteiger partial charge in [0.25, 0.3) is 0 Å². The highest BCUT2D eigenvalue weighted by molar-refractivity contribution is 5.70. The molecule has 0 aromatic rings. The average Bonchev–Trinajstić information content (AvgIpc) is 2.49. The van der Waals surface area contributed by atoms with Crippen LogP contribution in [-0.2, 0) is 4.79 Å². The van der Waals surface area contributed by atoms with Gasteiger partial charge >= 0.3 is 5.97 Å². The van der Waals surface area contributed by atoms with Crippen LogP contribution in [0.4, 0.5) is 0 Å². The van der Waals surface area contributed by atoms with Gasteiger partial charge in [-0.3, -0.25) is 4.79 Å². The molecule has 1 aliphatic carbocycles. The van der Waals surface area contributed by atoms with Crippen LogP contribution in [0.5, 0.6) is 0 Å². The lowest BCUT2D eigenvalue weighted by molar-refractivity contribution is -0.142. The first kappa shape index (κ1) is 11.5. The molecule has 2 N–H and O–H groups in total. The number of carboxylic acid groups (broad SMARTS) is 1. The molecule has 0 aliphatic heterocycles. The molecule has 1 fully saturated rings. The fourth-order valence-corrected chi connectivity index (χ4v) is 2.09. The van der Waals surface area contributed by atoms with Gasteiger partial charge in [-0.15, -0.1) is 0 Å². The highest BCUT2D eigenvalue weighted by atomic mass is 16.4. The van der Waals surface area contributed by atoms with Crippen LogP contribution in [0.1, 0.15) is 40.0 Å². The van der Waals surface area contributed by atoms with E-state index in [4.69, 9.17) is 5.11 Å². The second-order valence-electron chi connectivity index (χ2n) is 4.70. The molecule has 0 saturated heterocycles. The van der Waals surface area contributed by atoms with E-state index in [-0.39, 0.29) is 12.0 Å². The minimum absolute atomic E-state index is 0.0720. The molecule has 14 heavy (non-hydrogen) atoms. The molecular weight excluding hydrogens is 178 g/mol. The second-order valence-corrected chi connectivity index (χ2v) is 4.70. The van der Waals surface area contributed by atoms with Gasteiger partial charge in [-0.05, 0) is 32.1 Å². The molecule has 82 valence electrons. The van der Waals surface area contributed by atoms with E-state index >= 15 is 0 Å². The smallest absolute Gasteiger partial charge is 0.307 e. The number of hydrogen-bond donors (Lipinski definition) is 2. The minimum atomic E-state index is -0.712. The highest BCUT2D eigenvalue weighted by Crippen LogP contribution is 2.25. The monoisotopic (exact) mass is 199 g/mol.